The van der Waals surface area contributed by atoms with Gasteiger partial charge in [-0.15, -0.1) is 0 Å². The van der Waals surface area contributed by atoms with Crippen molar-refractivity contribution in [3.63, 3.8) is 0 Å². The predicted octanol–water partition coefficient (Wildman–Crippen LogP) is 0.849. The van der Waals surface area contributed by atoms with Crippen LogP contribution in [0.5, 0.6) is 0 Å². The number of rotatable bonds is 4. The van der Waals surface area contributed by atoms with E-state index in [4.69, 9.17) is 5.11 Å². The van der Waals surface area contributed by atoms with E-state index in [0.717, 1.165) is 0 Å². The van der Waals surface area contributed by atoms with Crippen molar-refractivity contribution >= 4 is 5.97 Å². The zero-order valence-corrected chi connectivity index (χ0v) is 6.77. The molecule has 0 aliphatic carbocycles. The van der Waals surface area contributed by atoms with E-state index in [1.165, 1.54) is 0 Å². The molecule has 0 aromatic carbocycles. The monoisotopic (exact) mass is 145 g/mol. The highest BCUT2D eigenvalue weighted by Crippen LogP contribution is 2.13. The van der Waals surface area contributed by atoms with E-state index in [1.807, 2.05) is 13.8 Å². The molecular weight excluding hydrogens is 130 g/mol. The summed E-state index contributed by atoms with van der Waals surface area (Å²) in [4.78, 5) is 10.7. The summed E-state index contributed by atoms with van der Waals surface area (Å²) in [6.07, 6.45) is 1.24. The van der Waals surface area contributed by atoms with Gasteiger partial charge in [0.2, 0.25) is 0 Å². The lowest BCUT2D eigenvalue weighted by Crippen LogP contribution is -2.49. The lowest BCUT2D eigenvalue weighted by Gasteiger charge is -2.25. The summed E-state index contributed by atoms with van der Waals surface area (Å²) in [5.74, 6) is -0.764. The summed E-state index contributed by atoms with van der Waals surface area (Å²) in [5, 5.41) is 11.6. The smallest absolute Gasteiger partial charge is 0.323 e. The van der Waals surface area contributed by atoms with Gasteiger partial charge in [0.1, 0.15) is 5.54 Å². The zero-order chi connectivity index (χ0) is 8.20. The normalized spacial score (nSPS) is 11.5. The van der Waals surface area contributed by atoms with Gasteiger partial charge in [-0.2, -0.15) is 0 Å². The van der Waals surface area contributed by atoms with Crippen LogP contribution in [-0.4, -0.2) is 23.7 Å². The largest absolute Gasteiger partial charge is 0.480 e. The second-order valence-electron chi connectivity index (χ2n) is 2.34. The van der Waals surface area contributed by atoms with Crippen LogP contribution in [0.2, 0.25) is 0 Å². The van der Waals surface area contributed by atoms with Crippen LogP contribution in [0.1, 0.15) is 26.7 Å². The summed E-state index contributed by atoms with van der Waals surface area (Å²) >= 11 is 0. The van der Waals surface area contributed by atoms with Crippen molar-refractivity contribution in [3.05, 3.63) is 0 Å². The molecule has 0 bridgehead atoms. The third kappa shape index (κ3) is 1.48. The number of carbonyl (C=O) groups is 1. The Hall–Kier alpha value is -0.570. The number of hydrogen-bond acceptors (Lipinski definition) is 2. The quantitative estimate of drug-likeness (QED) is 0.616. The number of aliphatic carboxylic acids is 1. The van der Waals surface area contributed by atoms with Crippen molar-refractivity contribution < 1.29 is 9.90 Å². The molecule has 3 nitrogen and oxygen atoms in total. The topological polar surface area (TPSA) is 49.3 Å². The fourth-order valence-electron chi connectivity index (χ4n) is 1.01. The van der Waals surface area contributed by atoms with E-state index in [0.29, 0.717) is 12.8 Å². The van der Waals surface area contributed by atoms with Gasteiger partial charge in [-0.3, -0.25) is 4.79 Å². The molecule has 0 amide bonds. The summed E-state index contributed by atoms with van der Waals surface area (Å²) in [6.45, 7) is 3.74. The Bertz CT molecular complexity index is 111. The fraction of sp³-hybridized carbons (Fsp3) is 0.857. The minimum Gasteiger partial charge on any atom is -0.480 e. The molecule has 0 aliphatic rings. The first-order valence-electron chi connectivity index (χ1n) is 3.55. The maximum absolute atomic E-state index is 10.7. The van der Waals surface area contributed by atoms with Crippen molar-refractivity contribution in [1.29, 1.82) is 0 Å². The van der Waals surface area contributed by atoms with E-state index in [2.05, 4.69) is 5.32 Å². The highest BCUT2D eigenvalue weighted by atomic mass is 16.4. The molecule has 3 heteroatoms. The Morgan fingerprint density at radius 1 is 1.50 bits per heavy atom. The summed E-state index contributed by atoms with van der Waals surface area (Å²) in [5.41, 5.74) is -0.708. The summed E-state index contributed by atoms with van der Waals surface area (Å²) < 4.78 is 0. The lowest BCUT2D eigenvalue weighted by molar-refractivity contribution is -0.145. The van der Waals surface area contributed by atoms with Gasteiger partial charge in [-0.25, -0.2) is 0 Å². The van der Waals surface area contributed by atoms with E-state index in [1.54, 1.807) is 7.05 Å². The molecule has 0 rings (SSSR count). The van der Waals surface area contributed by atoms with E-state index in [9.17, 15) is 4.79 Å². The standard InChI is InChI=1S/C7H15NO2/c1-4-7(5-2,8-3)6(9)10/h8H,4-5H2,1-3H3,(H,9,10). The molecule has 0 spiro atoms. The highest BCUT2D eigenvalue weighted by molar-refractivity contribution is 5.78. The van der Waals surface area contributed by atoms with Crippen molar-refractivity contribution in [1.82, 2.24) is 5.32 Å². The van der Waals surface area contributed by atoms with Crippen LogP contribution in [0, 0.1) is 0 Å². The van der Waals surface area contributed by atoms with Crippen LogP contribution >= 0.6 is 0 Å². The Kier molecular flexibility index (Phi) is 3.36. The molecule has 0 aliphatic heterocycles. The second-order valence-corrected chi connectivity index (χ2v) is 2.34. The van der Waals surface area contributed by atoms with Crippen LogP contribution in [0.4, 0.5) is 0 Å². The van der Waals surface area contributed by atoms with Crippen LogP contribution in [0.25, 0.3) is 0 Å². The first kappa shape index (κ1) is 9.43. The number of carboxylic acids is 1. The van der Waals surface area contributed by atoms with Crippen LogP contribution in [-0.2, 0) is 4.79 Å². The molecule has 2 N–H and O–H groups in total. The van der Waals surface area contributed by atoms with Crippen LogP contribution in [0.3, 0.4) is 0 Å². The molecule has 0 radical (unpaired) electrons. The van der Waals surface area contributed by atoms with Gasteiger partial charge in [0.05, 0.1) is 0 Å². The van der Waals surface area contributed by atoms with Gasteiger partial charge in [-0.1, -0.05) is 13.8 Å². The van der Waals surface area contributed by atoms with Gasteiger partial charge < -0.3 is 10.4 Å². The molecule has 0 aromatic rings. The Morgan fingerprint density at radius 2 is 1.90 bits per heavy atom. The maximum Gasteiger partial charge on any atom is 0.323 e. The summed E-state index contributed by atoms with van der Waals surface area (Å²) in [6, 6.07) is 0. The minimum atomic E-state index is -0.764. The average molecular weight is 145 g/mol. The SMILES string of the molecule is CCC(CC)(NC)C(=O)O. The van der Waals surface area contributed by atoms with E-state index < -0.39 is 11.5 Å². The van der Waals surface area contributed by atoms with Crippen LogP contribution in [0.15, 0.2) is 0 Å². The summed E-state index contributed by atoms with van der Waals surface area (Å²) in [7, 11) is 1.68. The van der Waals surface area contributed by atoms with Gasteiger partial charge in [0, 0.05) is 0 Å². The number of likely N-dealkylation sites (N-methyl/N-ethyl adjacent to an activating group) is 1. The third-order valence-corrected chi connectivity index (χ3v) is 2.10. The van der Waals surface area contributed by atoms with Gasteiger partial charge in [-0.05, 0) is 19.9 Å². The van der Waals surface area contributed by atoms with Crippen molar-refractivity contribution in [3.8, 4) is 0 Å². The Balaban J connectivity index is 4.31. The number of carboxylic acid groups (broad SMARTS) is 1. The highest BCUT2D eigenvalue weighted by Gasteiger charge is 2.32. The Morgan fingerprint density at radius 3 is 1.90 bits per heavy atom. The lowest BCUT2D eigenvalue weighted by atomic mass is 9.93. The first-order chi connectivity index (χ1) is 4.63. The van der Waals surface area contributed by atoms with Crippen molar-refractivity contribution in [2.24, 2.45) is 0 Å². The van der Waals surface area contributed by atoms with E-state index >= 15 is 0 Å². The van der Waals surface area contributed by atoms with E-state index in [-0.39, 0.29) is 0 Å². The molecule has 0 aromatic heterocycles. The zero-order valence-electron chi connectivity index (χ0n) is 6.77. The average Bonchev–Trinajstić information content (AvgIpc) is 1.92. The van der Waals surface area contributed by atoms with Gasteiger partial charge in [0.15, 0.2) is 0 Å². The van der Waals surface area contributed by atoms with Gasteiger partial charge >= 0.3 is 5.97 Å². The fourth-order valence-corrected chi connectivity index (χ4v) is 1.01. The molecule has 0 saturated carbocycles. The molecule has 0 fully saturated rings. The molecule has 10 heavy (non-hydrogen) atoms. The van der Waals surface area contributed by atoms with Crippen molar-refractivity contribution in [2.45, 2.75) is 32.2 Å². The second kappa shape index (κ2) is 3.56. The third-order valence-electron chi connectivity index (χ3n) is 2.10. The maximum atomic E-state index is 10.7. The molecule has 0 saturated heterocycles. The molecule has 0 atom stereocenters. The predicted molar refractivity (Wildman–Crippen MR) is 40.0 cm³/mol. The molecule has 0 unspecified atom stereocenters. The van der Waals surface area contributed by atoms with Gasteiger partial charge in [0.25, 0.3) is 0 Å². The van der Waals surface area contributed by atoms with Crippen LogP contribution < -0.4 is 5.32 Å². The minimum absolute atomic E-state index is 0.620. The molecule has 60 valence electrons. The number of hydrogen-bond donors (Lipinski definition) is 2. The number of nitrogens with one attached hydrogen (secondary N) is 1. The Labute approximate surface area is 61.4 Å². The molecular formula is C7H15NO2. The molecule has 0 heterocycles. The van der Waals surface area contributed by atoms with Crippen molar-refractivity contribution in [2.75, 3.05) is 7.05 Å². The first-order valence-corrected chi connectivity index (χ1v) is 3.55.